The Bertz CT molecular complexity index is 950. The topological polar surface area (TPSA) is 68.0 Å². The van der Waals surface area contributed by atoms with Gasteiger partial charge in [-0.1, -0.05) is 24.3 Å². The van der Waals surface area contributed by atoms with Gasteiger partial charge < -0.3 is 9.94 Å². The molecule has 0 aliphatic heterocycles. The number of fused-ring (bicyclic) bond motifs is 1. The van der Waals surface area contributed by atoms with E-state index in [-0.39, 0.29) is 26.2 Å². The maximum Gasteiger partial charge on any atom is 0.346 e. The number of nitrogens with zero attached hydrogens (tertiary/aromatic N) is 2. The molecular formula is C15H12F2N2O3S. The number of rotatable bonds is 2. The van der Waals surface area contributed by atoms with Crippen molar-refractivity contribution in [2.24, 2.45) is 0 Å². The standard InChI is InChI=1S/C15H12F2N2O3S/c1-9-15(23(22)10-5-3-2-4-6-10)19(21)14-8-12(17)11(16)7-13(14)18(9)20/h2-5,7-8,10H,6H2,1H3. The summed E-state index contributed by atoms with van der Waals surface area (Å²) < 4.78 is 40.0. The van der Waals surface area contributed by atoms with E-state index in [0.717, 1.165) is 0 Å². The van der Waals surface area contributed by atoms with Crippen LogP contribution in [-0.4, -0.2) is 14.2 Å². The molecule has 1 aromatic heterocycles. The van der Waals surface area contributed by atoms with Gasteiger partial charge in [-0.25, -0.2) is 13.0 Å². The first-order valence-electron chi connectivity index (χ1n) is 6.80. The normalized spacial score (nSPS) is 18.5. The van der Waals surface area contributed by atoms with Gasteiger partial charge in [0.25, 0.3) is 5.52 Å². The molecule has 0 N–H and O–H groups in total. The van der Waals surface area contributed by atoms with Crippen molar-refractivity contribution in [2.75, 3.05) is 0 Å². The van der Waals surface area contributed by atoms with Gasteiger partial charge >= 0.3 is 5.03 Å². The lowest BCUT2D eigenvalue weighted by atomic mass is 10.2. The first-order valence-corrected chi connectivity index (χ1v) is 8.01. The highest BCUT2D eigenvalue weighted by molar-refractivity contribution is 7.85. The van der Waals surface area contributed by atoms with E-state index in [1.807, 2.05) is 0 Å². The third-order valence-corrected chi connectivity index (χ3v) is 5.40. The van der Waals surface area contributed by atoms with Gasteiger partial charge in [0.1, 0.15) is 16.3 Å². The molecule has 23 heavy (non-hydrogen) atoms. The van der Waals surface area contributed by atoms with Crippen molar-refractivity contribution in [3.63, 3.8) is 0 Å². The quantitative estimate of drug-likeness (QED) is 0.790. The maximum atomic E-state index is 13.4. The summed E-state index contributed by atoms with van der Waals surface area (Å²) in [5.74, 6) is -2.47. The monoisotopic (exact) mass is 338 g/mol. The zero-order valence-corrected chi connectivity index (χ0v) is 12.8. The van der Waals surface area contributed by atoms with Crippen molar-refractivity contribution in [1.82, 2.24) is 4.73 Å². The first kappa shape index (κ1) is 15.5. The second-order valence-corrected chi connectivity index (χ2v) is 6.71. The Morgan fingerprint density at radius 2 is 2.00 bits per heavy atom. The van der Waals surface area contributed by atoms with Crippen LogP contribution in [-0.2, 0) is 10.8 Å². The fourth-order valence-electron chi connectivity index (χ4n) is 2.46. The molecule has 5 nitrogen and oxygen atoms in total. The van der Waals surface area contributed by atoms with E-state index in [2.05, 4.69) is 0 Å². The molecule has 1 heterocycles. The maximum absolute atomic E-state index is 13.4. The number of halogens is 2. The lowest BCUT2D eigenvalue weighted by Gasteiger charge is -2.18. The zero-order valence-electron chi connectivity index (χ0n) is 12.0. The van der Waals surface area contributed by atoms with Gasteiger partial charge in [-0.15, -0.1) is 0 Å². The molecule has 0 saturated carbocycles. The van der Waals surface area contributed by atoms with Crippen molar-refractivity contribution in [1.29, 1.82) is 0 Å². The number of allylic oxidation sites excluding steroid dienone is 3. The fraction of sp³-hybridized carbons (Fsp3) is 0.200. The predicted molar refractivity (Wildman–Crippen MR) is 81.8 cm³/mol. The summed E-state index contributed by atoms with van der Waals surface area (Å²) >= 11 is 0. The molecule has 1 aromatic carbocycles. The van der Waals surface area contributed by atoms with Gasteiger partial charge in [0.05, 0.1) is 21.4 Å². The van der Waals surface area contributed by atoms with Crippen molar-refractivity contribution in [3.05, 3.63) is 63.9 Å². The molecule has 2 aromatic rings. The Morgan fingerprint density at radius 3 is 2.65 bits per heavy atom. The molecular weight excluding hydrogens is 326 g/mol. The Morgan fingerprint density at radius 1 is 1.30 bits per heavy atom. The lowest BCUT2D eigenvalue weighted by molar-refractivity contribution is -0.511. The van der Waals surface area contributed by atoms with Crippen LogP contribution in [0.5, 0.6) is 0 Å². The molecule has 120 valence electrons. The molecule has 0 radical (unpaired) electrons. The van der Waals surface area contributed by atoms with E-state index in [4.69, 9.17) is 0 Å². The Balaban J connectivity index is 2.27. The van der Waals surface area contributed by atoms with Crippen LogP contribution in [0.15, 0.2) is 41.5 Å². The van der Waals surface area contributed by atoms with Crippen LogP contribution < -0.4 is 4.43 Å². The Kier molecular flexibility index (Phi) is 3.85. The molecule has 2 unspecified atom stereocenters. The number of aromatic nitrogens is 2. The average molecular weight is 338 g/mol. The van der Waals surface area contributed by atoms with Gasteiger partial charge in [0.15, 0.2) is 11.6 Å². The second kappa shape index (κ2) is 5.69. The number of hydrogen-bond donors (Lipinski definition) is 0. The van der Waals surface area contributed by atoms with E-state index >= 15 is 0 Å². The summed E-state index contributed by atoms with van der Waals surface area (Å²) in [6.45, 7) is 1.33. The highest BCUT2D eigenvalue weighted by Crippen LogP contribution is 2.22. The predicted octanol–water partition coefficient (Wildman–Crippen LogP) is 2.48. The molecule has 0 bridgehead atoms. The van der Waals surface area contributed by atoms with E-state index < -0.39 is 27.7 Å². The number of benzene rings is 1. The van der Waals surface area contributed by atoms with Crippen molar-refractivity contribution in [2.45, 2.75) is 23.6 Å². The van der Waals surface area contributed by atoms with Crippen molar-refractivity contribution < 1.29 is 17.4 Å². The molecule has 1 aliphatic carbocycles. The van der Waals surface area contributed by atoms with Gasteiger partial charge in [-0.2, -0.15) is 0 Å². The van der Waals surface area contributed by atoms with Crippen LogP contribution >= 0.6 is 0 Å². The smallest absolute Gasteiger partial charge is 0.346 e. The molecule has 0 saturated heterocycles. The van der Waals surface area contributed by atoms with Gasteiger partial charge in [0.2, 0.25) is 0 Å². The first-order chi connectivity index (χ1) is 10.9. The summed E-state index contributed by atoms with van der Waals surface area (Å²) in [7, 11) is -1.80. The number of hydrogen-bond acceptors (Lipinski definition) is 3. The molecule has 1 aliphatic rings. The average Bonchev–Trinajstić information content (AvgIpc) is 2.55. The third-order valence-electron chi connectivity index (χ3n) is 3.66. The minimum atomic E-state index is -1.80. The van der Waals surface area contributed by atoms with E-state index in [1.165, 1.54) is 6.92 Å². The van der Waals surface area contributed by atoms with Crippen LogP contribution in [0.2, 0.25) is 0 Å². The van der Waals surface area contributed by atoms with Gasteiger partial charge in [-0.05, 0) is 13.3 Å². The Labute approximate surface area is 132 Å². The lowest BCUT2D eigenvalue weighted by Crippen LogP contribution is -2.31. The van der Waals surface area contributed by atoms with Crippen LogP contribution in [0.4, 0.5) is 8.78 Å². The van der Waals surface area contributed by atoms with E-state index in [1.54, 1.807) is 24.3 Å². The highest BCUT2D eigenvalue weighted by atomic mass is 32.2. The SMILES string of the molecule is Cc1c(S(=O)C2C=CC=CC2)[n+](=O)c2cc(F)c(F)cc2n1[O-]. The molecule has 0 fully saturated rings. The molecule has 2 atom stereocenters. The summed E-state index contributed by atoms with van der Waals surface area (Å²) in [6, 6.07) is 1.30. The van der Waals surface area contributed by atoms with Crippen molar-refractivity contribution in [3.8, 4) is 0 Å². The summed E-state index contributed by atoms with van der Waals surface area (Å²) in [5, 5.41) is 11.6. The fourth-order valence-corrected chi connectivity index (χ4v) is 3.90. The van der Waals surface area contributed by atoms with Crippen LogP contribution in [0, 0.1) is 28.7 Å². The minimum absolute atomic E-state index is 0.0974. The summed E-state index contributed by atoms with van der Waals surface area (Å²) in [4.78, 5) is 12.5. The van der Waals surface area contributed by atoms with E-state index in [9.17, 15) is 23.1 Å². The molecule has 3 rings (SSSR count). The molecule has 8 heteroatoms. The van der Waals surface area contributed by atoms with E-state index in [0.29, 0.717) is 23.3 Å². The van der Waals surface area contributed by atoms with Crippen molar-refractivity contribution >= 4 is 21.8 Å². The largest absolute Gasteiger partial charge is 0.805 e. The van der Waals surface area contributed by atoms with Crippen LogP contribution in [0.3, 0.4) is 0 Å². The van der Waals surface area contributed by atoms with Gasteiger partial charge in [0, 0.05) is 11.0 Å². The van der Waals surface area contributed by atoms with Gasteiger partial charge in [-0.3, -0.25) is 0 Å². The zero-order chi connectivity index (χ0) is 16.7. The summed E-state index contributed by atoms with van der Waals surface area (Å²) in [5.41, 5.74) is -0.765. The minimum Gasteiger partial charge on any atom is -0.805 e. The Hall–Kier alpha value is -2.35. The van der Waals surface area contributed by atoms with Crippen LogP contribution in [0.1, 0.15) is 12.1 Å². The molecule has 0 amide bonds. The summed E-state index contributed by atoms with van der Waals surface area (Å²) in [6.07, 6.45) is 7.43. The highest BCUT2D eigenvalue weighted by Gasteiger charge is 2.31. The second-order valence-electron chi connectivity index (χ2n) is 5.12. The molecule has 0 spiro atoms. The third kappa shape index (κ3) is 2.48. The van der Waals surface area contributed by atoms with Crippen LogP contribution in [0.25, 0.3) is 11.0 Å².